The Hall–Kier alpha value is -1.51. The van der Waals surface area contributed by atoms with Crippen LogP contribution in [0.2, 0.25) is 0 Å². The van der Waals surface area contributed by atoms with E-state index >= 15 is 0 Å². The number of unbranched alkanes of at least 4 members (excludes halogenated alkanes) is 11. The van der Waals surface area contributed by atoms with Crippen molar-refractivity contribution in [2.24, 2.45) is 0 Å². The van der Waals surface area contributed by atoms with E-state index < -0.39 is 5.97 Å². The van der Waals surface area contributed by atoms with Crippen molar-refractivity contribution in [3.63, 3.8) is 0 Å². The SMILES string of the molecule is CCCCCCCCCCCCC/C=C/C(O)=C\C=C\C(=O)O. The van der Waals surface area contributed by atoms with Crippen LogP contribution < -0.4 is 0 Å². The summed E-state index contributed by atoms with van der Waals surface area (Å²) in [6, 6.07) is 0. The second-order valence-electron chi connectivity index (χ2n) is 6.02. The Kier molecular flexibility index (Phi) is 15.7. The summed E-state index contributed by atoms with van der Waals surface area (Å²) in [7, 11) is 0. The first-order valence-corrected chi connectivity index (χ1v) is 9.13. The third-order valence-corrected chi connectivity index (χ3v) is 3.77. The van der Waals surface area contributed by atoms with Gasteiger partial charge in [-0.15, -0.1) is 0 Å². The van der Waals surface area contributed by atoms with Gasteiger partial charge in [0.25, 0.3) is 0 Å². The summed E-state index contributed by atoms with van der Waals surface area (Å²) in [5, 5.41) is 17.9. The van der Waals surface area contributed by atoms with Gasteiger partial charge in [-0.05, 0) is 25.0 Å². The molecule has 3 heteroatoms. The average Bonchev–Trinajstić information content (AvgIpc) is 2.51. The lowest BCUT2D eigenvalue weighted by atomic mass is 10.1. The lowest BCUT2D eigenvalue weighted by molar-refractivity contribution is -0.131. The topological polar surface area (TPSA) is 57.5 Å². The molecule has 3 nitrogen and oxygen atoms in total. The molecule has 23 heavy (non-hydrogen) atoms. The second kappa shape index (κ2) is 16.9. The summed E-state index contributed by atoms with van der Waals surface area (Å²) >= 11 is 0. The van der Waals surface area contributed by atoms with E-state index in [1.807, 2.05) is 6.08 Å². The minimum Gasteiger partial charge on any atom is -0.508 e. The molecule has 0 spiro atoms. The molecule has 0 aliphatic rings. The number of carbonyl (C=O) groups is 1. The molecule has 0 saturated carbocycles. The highest BCUT2D eigenvalue weighted by atomic mass is 16.4. The Labute approximate surface area is 141 Å². The number of carboxylic acids is 1. The molecule has 0 unspecified atom stereocenters. The molecule has 0 atom stereocenters. The normalized spacial score (nSPS) is 12.5. The Morgan fingerprint density at radius 1 is 0.783 bits per heavy atom. The van der Waals surface area contributed by atoms with E-state index in [1.54, 1.807) is 6.08 Å². The largest absolute Gasteiger partial charge is 0.508 e. The van der Waals surface area contributed by atoms with Gasteiger partial charge in [0.05, 0.1) is 0 Å². The molecule has 0 aliphatic carbocycles. The predicted molar refractivity (Wildman–Crippen MR) is 97.7 cm³/mol. The van der Waals surface area contributed by atoms with Gasteiger partial charge in [0.1, 0.15) is 5.76 Å². The van der Waals surface area contributed by atoms with Gasteiger partial charge < -0.3 is 10.2 Å². The van der Waals surface area contributed by atoms with Crippen LogP contribution in [0.15, 0.2) is 36.1 Å². The van der Waals surface area contributed by atoms with E-state index in [9.17, 15) is 9.90 Å². The van der Waals surface area contributed by atoms with E-state index in [0.717, 1.165) is 18.9 Å². The van der Waals surface area contributed by atoms with E-state index in [0.29, 0.717) is 0 Å². The van der Waals surface area contributed by atoms with E-state index in [4.69, 9.17) is 5.11 Å². The van der Waals surface area contributed by atoms with Crippen LogP contribution in [-0.4, -0.2) is 16.2 Å². The maximum atomic E-state index is 10.3. The number of aliphatic hydroxyl groups is 1. The van der Waals surface area contributed by atoms with Crippen LogP contribution >= 0.6 is 0 Å². The summed E-state index contributed by atoms with van der Waals surface area (Å²) in [6.07, 6.45) is 22.9. The quantitative estimate of drug-likeness (QED) is 0.160. The highest BCUT2D eigenvalue weighted by Gasteiger charge is 1.92. The zero-order valence-electron chi connectivity index (χ0n) is 14.7. The molecule has 0 aromatic rings. The van der Waals surface area contributed by atoms with Crippen LogP contribution in [0.3, 0.4) is 0 Å². The Morgan fingerprint density at radius 2 is 1.30 bits per heavy atom. The first-order valence-electron chi connectivity index (χ1n) is 9.13. The Bertz CT molecular complexity index is 367. The van der Waals surface area contributed by atoms with Crippen molar-refractivity contribution in [2.45, 2.75) is 84.0 Å². The highest BCUT2D eigenvalue weighted by Crippen LogP contribution is 2.12. The Morgan fingerprint density at radius 3 is 1.83 bits per heavy atom. The van der Waals surface area contributed by atoms with Crippen LogP contribution in [-0.2, 0) is 4.79 Å². The number of hydrogen-bond acceptors (Lipinski definition) is 2. The van der Waals surface area contributed by atoms with Crippen molar-refractivity contribution >= 4 is 5.97 Å². The number of carboxylic acid groups (broad SMARTS) is 1. The molecule has 2 N–H and O–H groups in total. The molecule has 0 aliphatic heterocycles. The van der Waals surface area contributed by atoms with Crippen LogP contribution in [0.5, 0.6) is 0 Å². The van der Waals surface area contributed by atoms with Gasteiger partial charge in [0.15, 0.2) is 0 Å². The number of hydrogen-bond donors (Lipinski definition) is 2. The molecule has 0 amide bonds. The van der Waals surface area contributed by atoms with Gasteiger partial charge in [-0.25, -0.2) is 4.79 Å². The van der Waals surface area contributed by atoms with Gasteiger partial charge in [0, 0.05) is 6.08 Å². The lowest BCUT2D eigenvalue weighted by Gasteiger charge is -2.01. The lowest BCUT2D eigenvalue weighted by Crippen LogP contribution is -1.84. The van der Waals surface area contributed by atoms with Crippen molar-refractivity contribution in [1.29, 1.82) is 0 Å². The zero-order valence-corrected chi connectivity index (χ0v) is 14.7. The van der Waals surface area contributed by atoms with Gasteiger partial charge in [-0.2, -0.15) is 0 Å². The van der Waals surface area contributed by atoms with E-state index in [2.05, 4.69) is 6.92 Å². The molecule has 0 radical (unpaired) electrons. The van der Waals surface area contributed by atoms with Crippen molar-refractivity contribution < 1.29 is 15.0 Å². The van der Waals surface area contributed by atoms with Gasteiger partial charge in [-0.3, -0.25) is 0 Å². The number of rotatable bonds is 15. The van der Waals surface area contributed by atoms with Crippen LogP contribution in [0.25, 0.3) is 0 Å². The third-order valence-electron chi connectivity index (χ3n) is 3.77. The first-order chi connectivity index (χ1) is 11.2. The molecular weight excluding hydrogens is 288 g/mol. The first kappa shape index (κ1) is 21.5. The standard InChI is InChI=1S/C20H34O3/c1-2-3-4-5-6-7-8-9-10-11-12-13-14-16-19(21)17-15-18-20(22)23/h14-18,21H,2-13H2,1H3,(H,22,23)/b16-14+,18-15+,19-17+. The van der Waals surface area contributed by atoms with Crippen molar-refractivity contribution in [1.82, 2.24) is 0 Å². The number of aliphatic hydroxyl groups excluding tert-OH is 1. The van der Waals surface area contributed by atoms with Gasteiger partial charge in [0.2, 0.25) is 0 Å². The molecular formula is C20H34O3. The minimum atomic E-state index is -1.01. The molecule has 132 valence electrons. The molecule has 0 saturated heterocycles. The number of aliphatic carboxylic acids is 1. The Balaban J connectivity index is 3.38. The summed E-state index contributed by atoms with van der Waals surface area (Å²) < 4.78 is 0. The fraction of sp³-hybridized carbons (Fsp3) is 0.650. The summed E-state index contributed by atoms with van der Waals surface area (Å²) in [4.78, 5) is 10.3. The van der Waals surface area contributed by atoms with Crippen molar-refractivity contribution in [2.75, 3.05) is 0 Å². The summed E-state index contributed by atoms with van der Waals surface area (Å²) in [5.74, 6) is -0.926. The third kappa shape index (κ3) is 18.4. The monoisotopic (exact) mass is 322 g/mol. The smallest absolute Gasteiger partial charge is 0.328 e. The van der Waals surface area contributed by atoms with Crippen molar-refractivity contribution in [3.8, 4) is 0 Å². The maximum Gasteiger partial charge on any atom is 0.328 e. The van der Waals surface area contributed by atoms with Crippen LogP contribution in [0.1, 0.15) is 84.0 Å². The number of allylic oxidation sites excluding steroid dienone is 4. The molecule has 0 aromatic heterocycles. The van der Waals surface area contributed by atoms with Crippen LogP contribution in [0.4, 0.5) is 0 Å². The van der Waals surface area contributed by atoms with Crippen molar-refractivity contribution in [3.05, 3.63) is 36.1 Å². The predicted octanol–water partition coefficient (Wildman–Crippen LogP) is 6.33. The van der Waals surface area contributed by atoms with Crippen LogP contribution in [0, 0.1) is 0 Å². The minimum absolute atomic E-state index is 0.0885. The molecule has 0 fully saturated rings. The molecule has 0 heterocycles. The molecule has 0 rings (SSSR count). The molecule has 0 aromatic carbocycles. The highest BCUT2D eigenvalue weighted by molar-refractivity contribution is 5.80. The summed E-state index contributed by atoms with van der Waals surface area (Å²) in [6.45, 7) is 2.25. The van der Waals surface area contributed by atoms with Gasteiger partial charge >= 0.3 is 5.97 Å². The zero-order chi connectivity index (χ0) is 17.2. The van der Waals surface area contributed by atoms with Gasteiger partial charge in [-0.1, -0.05) is 83.3 Å². The fourth-order valence-electron chi connectivity index (χ4n) is 2.42. The molecule has 0 bridgehead atoms. The van der Waals surface area contributed by atoms with E-state index in [1.165, 1.54) is 76.4 Å². The van der Waals surface area contributed by atoms with E-state index in [-0.39, 0.29) is 5.76 Å². The summed E-state index contributed by atoms with van der Waals surface area (Å²) in [5.41, 5.74) is 0. The fourth-order valence-corrected chi connectivity index (χ4v) is 2.42. The average molecular weight is 322 g/mol. The maximum absolute atomic E-state index is 10.3. The second-order valence-corrected chi connectivity index (χ2v) is 6.02.